The molecule has 0 aromatic rings. The quantitative estimate of drug-likeness (QED) is 0.688. The molecule has 0 amide bonds. The fourth-order valence-corrected chi connectivity index (χ4v) is 9.81. The van der Waals surface area contributed by atoms with Crippen molar-refractivity contribution in [3.05, 3.63) is 0 Å². The highest BCUT2D eigenvalue weighted by Crippen LogP contribution is 2.74. The van der Waals surface area contributed by atoms with Gasteiger partial charge in [-0.3, -0.25) is 14.4 Å². The lowest BCUT2D eigenvalue weighted by molar-refractivity contribution is -0.129. The molecule has 6 unspecified atom stereocenters. The number of carbonyl (C=O) groups is 3. The lowest BCUT2D eigenvalue weighted by atomic mass is 9.48. The van der Waals surface area contributed by atoms with Crippen LogP contribution in [0.25, 0.3) is 0 Å². The van der Waals surface area contributed by atoms with Crippen LogP contribution in [0.3, 0.4) is 0 Å². The molecule has 6 atom stereocenters. The molecule has 0 bridgehead atoms. The summed E-state index contributed by atoms with van der Waals surface area (Å²) in [7, 11) is 0. The summed E-state index contributed by atoms with van der Waals surface area (Å²) in [5.74, 6) is 5.84. The van der Waals surface area contributed by atoms with Crippen molar-refractivity contribution in [2.24, 2.45) is 71.0 Å². The SMILES string of the molecule is O=C1C2CCC3C(=O)C4CCC5C(=O)C6CCC1C1C2C3C4C5C61. The molecule has 0 spiro atoms. The fourth-order valence-electron chi connectivity index (χ4n) is 9.81. The van der Waals surface area contributed by atoms with Gasteiger partial charge in [-0.05, 0) is 74.0 Å². The van der Waals surface area contributed by atoms with Crippen LogP contribution in [0.1, 0.15) is 38.5 Å². The van der Waals surface area contributed by atoms with Crippen molar-refractivity contribution in [2.75, 3.05) is 0 Å². The third-order valence-electron chi connectivity index (χ3n) is 10.0. The molecule has 3 heteroatoms. The predicted molar refractivity (Wildman–Crippen MR) is 84.6 cm³/mol. The molecule has 3 nitrogen and oxygen atoms in total. The van der Waals surface area contributed by atoms with Crippen molar-refractivity contribution in [3.8, 4) is 0 Å². The van der Waals surface area contributed by atoms with Gasteiger partial charge in [0, 0.05) is 35.5 Å². The molecular weight excluding hydrogens is 300 g/mol. The average Bonchev–Trinajstić information content (AvgIpc) is 3.17. The highest BCUT2D eigenvalue weighted by molar-refractivity contribution is 5.94. The van der Waals surface area contributed by atoms with Crippen LogP contribution in [0.5, 0.6) is 0 Å². The summed E-state index contributed by atoms with van der Waals surface area (Å²) in [6, 6.07) is 0. The average molecular weight is 324 g/mol. The van der Waals surface area contributed by atoms with Gasteiger partial charge in [0.25, 0.3) is 0 Å². The Bertz CT molecular complexity index is 549. The Morgan fingerprint density at radius 1 is 0.375 bits per heavy atom. The molecule has 0 N–H and O–H groups in total. The first-order valence-electron chi connectivity index (χ1n) is 10.3. The lowest BCUT2D eigenvalue weighted by Crippen LogP contribution is -2.52. The normalized spacial score (nSPS) is 64.8. The van der Waals surface area contributed by atoms with Crippen molar-refractivity contribution >= 4 is 17.3 Å². The van der Waals surface area contributed by atoms with Gasteiger partial charge in [0.05, 0.1) is 0 Å². The van der Waals surface area contributed by atoms with Gasteiger partial charge in [-0.15, -0.1) is 0 Å². The Labute approximate surface area is 141 Å². The van der Waals surface area contributed by atoms with Gasteiger partial charge in [-0.25, -0.2) is 0 Å². The van der Waals surface area contributed by atoms with Gasteiger partial charge in [0.15, 0.2) is 0 Å². The minimum Gasteiger partial charge on any atom is -0.299 e. The first-order valence-corrected chi connectivity index (χ1v) is 10.3. The van der Waals surface area contributed by atoms with E-state index in [1.165, 1.54) is 0 Å². The van der Waals surface area contributed by atoms with Gasteiger partial charge < -0.3 is 0 Å². The van der Waals surface area contributed by atoms with Crippen molar-refractivity contribution < 1.29 is 14.4 Å². The smallest absolute Gasteiger partial charge is 0.139 e. The summed E-state index contributed by atoms with van der Waals surface area (Å²) >= 11 is 0. The van der Waals surface area contributed by atoms with Crippen LogP contribution in [0.2, 0.25) is 0 Å². The molecule has 7 rings (SSSR count). The fraction of sp³-hybridized carbons (Fsp3) is 0.857. The van der Waals surface area contributed by atoms with Crippen molar-refractivity contribution in [2.45, 2.75) is 38.5 Å². The highest BCUT2D eigenvalue weighted by Gasteiger charge is 2.75. The minimum atomic E-state index is 0.239. The Morgan fingerprint density at radius 2 is 0.542 bits per heavy atom. The molecule has 0 aromatic carbocycles. The van der Waals surface area contributed by atoms with Crippen molar-refractivity contribution in [1.29, 1.82) is 0 Å². The topological polar surface area (TPSA) is 51.2 Å². The zero-order valence-electron chi connectivity index (χ0n) is 13.9. The molecule has 0 radical (unpaired) electrons. The van der Waals surface area contributed by atoms with E-state index in [-0.39, 0.29) is 35.5 Å². The molecule has 7 aliphatic carbocycles. The summed E-state index contributed by atoms with van der Waals surface area (Å²) in [5, 5.41) is 0. The van der Waals surface area contributed by atoms with E-state index in [0.29, 0.717) is 52.9 Å². The maximum absolute atomic E-state index is 13.1. The summed E-state index contributed by atoms with van der Waals surface area (Å²) in [6.07, 6.45) is 5.76. The second-order valence-electron chi connectivity index (χ2n) is 10.0. The van der Waals surface area contributed by atoms with Crippen LogP contribution < -0.4 is 0 Å². The zero-order valence-corrected chi connectivity index (χ0v) is 13.9. The van der Waals surface area contributed by atoms with E-state index >= 15 is 0 Å². The first-order chi connectivity index (χ1) is 11.7. The molecule has 7 saturated carbocycles. The molecule has 126 valence electrons. The van der Waals surface area contributed by atoms with Crippen molar-refractivity contribution in [1.82, 2.24) is 0 Å². The molecule has 0 heterocycles. The van der Waals surface area contributed by atoms with Crippen LogP contribution in [-0.2, 0) is 14.4 Å². The number of ketones is 3. The Kier molecular flexibility index (Phi) is 2.14. The van der Waals surface area contributed by atoms with E-state index in [1.54, 1.807) is 0 Å². The number of carbonyl (C=O) groups excluding carboxylic acids is 3. The molecule has 24 heavy (non-hydrogen) atoms. The molecule has 7 aliphatic rings. The van der Waals surface area contributed by atoms with Crippen LogP contribution in [0.4, 0.5) is 0 Å². The number of hydrogen-bond acceptors (Lipinski definition) is 3. The third-order valence-corrected chi connectivity index (χ3v) is 10.0. The minimum absolute atomic E-state index is 0.239. The van der Waals surface area contributed by atoms with Gasteiger partial charge in [-0.1, -0.05) is 0 Å². The van der Waals surface area contributed by atoms with Gasteiger partial charge >= 0.3 is 0 Å². The van der Waals surface area contributed by atoms with Gasteiger partial charge in [-0.2, -0.15) is 0 Å². The van der Waals surface area contributed by atoms with Crippen LogP contribution in [0.15, 0.2) is 0 Å². The van der Waals surface area contributed by atoms with Crippen LogP contribution in [0, 0.1) is 71.0 Å². The van der Waals surface area contributed by atoms with E-state index < -0.39 is 0 Å². The van der Waals surface area contributed by atoms with E-state index in [0.717, 1.165) is 38.5 Å². The summed E-state index contributed by atoms with van der Waals surface area (Å²) in [6.45, 7) is 0. The molecule has 0 saturated heterocycles. The van der Waals surface area contributed by atoms with Gasteiger partial charge in [0.2, 0.25) is 0 Å². The second kappa shape index (κ2) is 3.88. The van der Waals surface area contributed by atoms with Gasteiger partial charge in [0.1, 0.15) is 17.3 Å². The van der Waals surface area contributed by atoms with E-state index in [2.05, 4.69) is 0 Å². The summed E-state index contributed by atoms with van der Waals surface area (Å²) in [4.78, 5) is 39.4. The molecule has 0 aliphatic heterocycles. The Hall–Kier alpha value is -0.990. The predicted octanol–water partition coefficient (Wildman–Crippen LogP) is 2.52. The van der Waals surface area contributed by atoms with E-state index in [9.17, 15) is 14.4 Å². The van der Waals surface area contributed by atoms with Crippen molar-refractivity contribution in [3.63, 3.8) is 0 Å². The van der Waals surface area contributed by atoms with E-state index in [1.807, 2.05) is 0 Å². The van der Waals surface area contributed by atoms with E-state index in [4.69, 9.17) is 0 Å². The third kappa shape index (κ3) is 1.14. The maximum atomic E-state index is 13.1. The maximum Gasteiger partial charge on any atom is 0.139 e. The number of rotatable bonds is 0. The highest BCUT2D eigenvalue weighted by atomic mass is 16.1. The zero-order chi connectivity index (χ0) is 15.9. The summed E-state index contributed by atoms with van der Waals surface area (Å²) in [5.41, 5.74) is 0. The van der Waals surface area contributed by atoms with Crippen LogP contribution in [-0.4, -0.2) is 17.3 Å². The molecule has 7 fully saturated rings. The monoisotopic (exact) mass is 324 g/mol. The summed E-state index contributed by atoms with van der Waals surface area (Å²) < 4.78 is 0. The molecule has 0 aromatic heterocycles. The Morgan fingerprint density at radius 3 is 0.708 bits per heavy atom. The number of Topliss-reactive ketones (excluding diaryl/α,β-unsaturated/α-hetero) is 3. The van der Waals surface area contributed by atoms with Crippen LogP contribution >= 0.6 is 0 Å². The standard InChI is InChI=1S/C21H24O3/c22-19-7-1-2-8-14-13(7)15-9(19)3-4-11-17(15)18-12(21(11)24)6-5-10(16(14)18)20(8)23/h7-18H,1-6H2. The second-order valence-corrected chi connectivity index (χ2v) is 10.0. The molecular formula is C21H24O3. The Balaban J connectivity index is 1.50. The first kappa shape index (κ1) is 13.2. The lowest BCUT2D eigenvalue weighted by Gasteiger charge is -2.55. The largest absolute Gasteiger partial charge is 0.299 e. The number of hydrogen-bond donors (Lipinski definition) is 0.